The van der Waals surface area contributed by atoms with Crippen LogP contribution in [0, 0.1) is 5.92 Å². The molecule has 1 atom stereocenters. The number of hydrogen-bond donors (Lipinski definition) is 0. The normalized spacial score (nSPS) is 16.3. The SMILES string of the molecule is C=C1C(=O)N(Cc2ccc(OC)cc2)CC1Cc1ccc(-c2ccccc2)cc1. The van der Waals surface area contributed by atoms with Crippen molar-refractivity contribution in [2.75, 3.05) is 13.7 Å². The first kappa shape index (κ1) is 19.0. The molecule has 0 bridgehead atoms. The fourth-order valence-electron chi connectivity index (χ4n) is 3.86. The van der Waals surface area contributed by atoms with Crippen LogP contribution in [0.1, 0.15) is 11.1 Å². The molecule has 3 aromatic carbocycles. The highest BCUT2D eigenvalue weighted by Crippen LogP contribution is 2.29. The lowest BCUT2D eigenvalue weighted by molar-refractivity contribution is -0.125. The zero-order valence-corrected chi connectivity index (χ0v) is 16.7. The van der Waals surface area contributed by atoms with Gasteiger partial charge in [-0.1, -0.05) is 73.3 Å². The highest BCUT2D eigenvalue weighted by atomic mass is 16.5. The van der Waals surface area contributed by atoms with E-state index in [-0.39, 0.29) is 11.8 Å². The zero-order valence-electron chi connectivity index (χ0n) is 16.7. The molecule has 1 aliphatic rings. The highest BCUT2D eigenvalue weighted by molar-refractivity contribution is 5.95. The number of nitrogens with zero attached hydrogens (tertiary/aromatic N) is 1. The van der Waals surface area contributed by atoms with Crippen LogP contribution in [0.25, 0.3) is 11.1 Å². The molecule has 29 heavy (non-hydrogen) atoms. The predicted molar refractivity (Wildman–Crippen MR) is 117 cm³/mol. The third-order valence-electron chi connectivity index (χ3n) is 5.57. The maximum absolute atomic E-state index is 12.7. The molecule has 0 saturated carbocycles. The number of likely N-dealkylation sites (tertiary alicyclic amines) is 1. The van der Waals surface area contributed by atoms with E-state index in [1.54, 1.807) is 7.11 Å². The number of carbonyl (C=O) groups excluding carboxylic acids is 1. The minimum atomic E-state index is 0.0618. The van der Waals surface area contributed by atoms with Gasteiger partial charge >= 0.3 is 0 Å². The second kappa shape index (κ2) is 8.36. The number of carbonyl (C=O) groups is 1. The lowest BCUT2D eigenvalue weighted by Gasteiger charge is -2.16. The van der Waals surface area contributed by atoms with Gasteiger partial charge in [-0.3, -0.25) is 4.79 Å². The van der Waals surface area contributed by atoms with E-state index >= 15 is 0 Å². The molecule has 1 heterocycles. The van der Waals surface area contributed by atoms with E-state index in [1.165, 1.54) is 16.7 Å². The molecule has 0 N–H and O–H groups in total. The fraction of sp³-hybridized carbons (Fsp3) is 0.192. The van der Waals surface area contributed by atoms with Gasteiger partial charge in [0.05, 0.1) is 7.11 Å². The largest absolute Gasteiger partial charge is 0.497 e. The first-order chi connectivity index (χ1) is 14.1. The Balaban J connectivity index is 1.41. The van der Waals surface area contributed by atoms with Crippen molar-refractivity contribution in [3.05, 3.63) is 102 Å². The van der Waals surface area contributed by atoms with E-state index < -0.39 is 0 Å². The van der Waals surface area contributed by atoms with E-state index in [2.05, 4.69) is 55.1 Å². The Kier molecular flexibility index (Phi) is 5.48. The maximum Gasteiger partial charge on any atom is 0.249 e. The number of hydrogen-bond acceptors (Lipinski definition) is 2. The van der Waals surface area contributed by atoms with Crippen molar-refractivity contribution in [2.45, 2.75) is 13.0 Å². The molecule has 0 radical (unpaired) electrons. The highest BCUT2D eigenvalue weighted by Gasteiger charge is 2.33. The lowest BCUT2D eigenvalue weighted by atomic mass is 9.94. The summed E-state index contributed by atoms with van der Waals surface area (Å²) in [4.78, 5) is 14.6. The average molecular weight is 383 g/mol. The van der Waals surface area contributed by atoms with Gasteiger partial charge in [0.15, 0.2) is 0 Å². The van der Waals surface area contributed by atoms with Crippen LogP contribution in [0.2, 0.25) is 0 Å². The minimum Gasteiger partial charge on any atom is -0.497 e. The van der Waals surface area contributed by atoms with Crippen LogP contribution >= 0.6 is 0 Å². The van der Waals surface area contributed by atoms with Crippen molar-refractivity contribution < 1.29 is 9.53 Å². The monoisotopic (exact) mass is 383 g/mol. The Morgan fingerprint density at radius 1 is 0.897 bits per heavy atom. The fourth-order valence-corrected chi connectivity index (χ4v) is 3.86. The Morgan fingerprint density at radius 3 is 2.17 bits per heavy atom. The molecule has 3 aromatic rings. The molecular weight excluding hydrogens is 358 g/mol. The quantitative estimate of drug-likeness (QED) is 0.553. The van der Waals surface area contributed by atoms with Crippen molar-refractivity contribution in [1.82, 2.24) is 4.90 Å². The number of rotatable bonds is 6. The van der Waals surface area contributed by atoms with Gasteiger partial charge in [-0.25, -0.2) is 0 Å². The molecule has 1 fully saturated rings. The molecule has 1 aliphatic heterocycles. The third kappa shape index (κ3) is 4.24. The van der Waals surface area contributed by atoms with E-state index in [0.717, 1.165) is 17.7 Å². The van der Waals surface area contributed by atoms with E-state index in [1.807, 2.05) is 35.2 Å². The molecule has 0 aromatic heterocycles. The summed E-state index contributed by atoms with van der Waals surface area (Å²) in [5, 5.41) is 0. The summed E-state index contributed by atoms with van der Waals surface area (Å²) in [6, 6.07) is 26.8. The van der Waals surface area contributed by atoms with Gasteiger partial charge in [0.1, 0.15) is 5.75 Å². The van der Waals surface area contributed by atoms with E-state index in [4.69, 9.17) is 4.74 Å². The number of amides is 1. The van der Waals surface area contributed by atoms with E-state index in [9.17, 15) is 4.79 Å². The third-order valence-corrected chi connectivity index (χ3v) is 5.57. The summed E-state index contributed by atoms with van der Waals surface area (Å²) in [5.41, 5.74) is 5.46. The van der Waals surface area contributed by atoms with Gasteiger partial charge < -0.3 is 9.64 Å². The van der Waals surface area contributed by atoms with Crippen molar-refractivity contribution in [1.29, 1.82) is 0 Å². The average Bonchev–Trinajstić information content (AvgIpc) is 3.03. The van der Waals surface area contributed by atoms with Crippen LogP contribution in [-0.2, 0) is 17.8 Å². The van der Waals surface area contributed by atoms with E-state index in [0.29, 0.717) is 18.7 Å². The molecule has 0 spiro atoms. The number of benzene rings is 3. The van der Waals surface area contributed by atoms with Crippen molar-refractivity contribution in [2.24, 2.45) is 5.92 Å². The van der Waals surface area contributed by atoms with Crippen LogP contribution in [0.15, 0.2) is 91.0 Å². The lowest BCUT2D eigenvalue weighted by Crippen LogP contribution is -2.25. The summed E-state index contributed by atoms with van der Waals surface area (Å²) in [5.74, 6) is 1.04. The topological polar surface area (TPSA) is 29.5 Å². The molecule has 3 heteroatoms. The molecule has 1 amide bonds. The van der Waals surface area contributed by atoms with Crippen LogP contribution in [-0.4, -0.2) is 24.5 Å². The predicted octanol–water partition coefficient (Wildman–Crippen LogP) is 5.12. The zero-order chi connectivity index (χ0) is 20.2. The van der Waals surface area contributed by atoms with Crippen LogP contribution < -0.4 is 4.74 Å². The number of ether oxygens (including phenoxy) is 1. The molecule has 1 unspecified atom stereocenters. The Morgan fingerprint density at radius 2 is 1.52 bits per heavy atom. The summed E-state index contributed by atoms with van der Waals surface area (Å²) in [7, 11) is 1.65. The Hall–Kier alpha value is -3.33. The first-order valence-electron chi connectivity index (χ1n) is 9.89. The minimum absolute atomic E-state index is 0.0618. The van der Waals surface area contributed by atoms with Crippen molar-refractivity contribution in [3.8, 4) is 16.9 Å². The molecule has 1 saturated heterocycles. The standard InChI is InChI=1S/C26H25NO2/c1-19-24(16-20-8-12-23(13-9-20)22-6-4-3-5-7-22)18-27(26(19)28)17-21-10-14-25(29-2)15-11-21/h3-15,24H,1,16-18H2,2H3. The Labute approximate surface area is 172 Å². The van der Waals surface area contributed by atoms with Crippen molar-refractivity contribution >= 4 is 5.91 Å². The van der Waals surface area contributed by atoms with Gasteiger partial charge in [-0.2, -0.15) is 0 Å². The molecule has 146 valence electrons. The molecule has 0 aliphatic carbocycles. The van der Waals surface area contributed by atoms with Crippen LogP contribution in [0.5, 0.6) is 5.75 Å². The van der Waals surface area contributed by atoms with Gasteiger partial charge in [0.25, 0.3) is 0 Å². The summed E-state index contributed by atoms with van der Waals surface area (Å²) in [6.45, 7) is 5.40. The van der Waals surface area contributed by atoms with Crippen LogP contribution in [0.3, 0.4) is 0 Å². The summed E-state index contributed by atoms with van der Waals surface area (Å²) >= 11 is 0. The first-order valence-corrected chi connectivity index (χ1v) is 9.89. The summed E-state index contributed by atoms with van der Waals surface area (Å²) < 4.78 is 5.20. The van der Waals surface area contributed by atoms with Gasteiger partial charge in [0.2, 0.25) is 5.91 Å². The van der Waals surface area contributed by atoms with Crippen molar-refractivity contribution in [3.63, 3.8) is 0 Å². The van der Waals surface area contributed by atoms with Gasteiger partial charge in [-0.15, -0.1) is 0 Å². The second-order valence-electron chi connectivity index (χ2n) is 7.52. The van der Waals surface area contributed by atoms with Crippen LogP contribution in [0.4, 0.5) is 0 Å². The van der Waals surface area contributed by atoms with Gasteiger partial charge in [-0.05, 0) is 40.8 Å². The number of methoxy groups -OCH3 is 1. The molecule has 3 nitrogen and oxygen atoms in total. The smallest absolute Gasteiger partial charge is 0.249 e. The Bertz CT molecular complexity index is 991. The second-order valence-corrected chi connectivity index (χ2v) is 7.52. The summed E-state index contributed by atoms with van der Waals surface area (Å²) in [6.07, 6.45) is 0.832. The molecular formula is C26H25NO2. The maximum atomic E-state index is 12.7. The molecule has 4 rings (SSSR count). The van der Waals surface area contributed by atoms with Gasteiger partial charge in [0, 0.05) is 24.6 Å².